The molecule has 0 bridgehead atoms. The Hall–Kier alpha value is -4.52. The van der Waals surface area contributed by atoms with Crippen molar-refractivity contribution in [3.8, 4) is 0 Å². The second-order valence-electron chi connectivity index (χ2n) is 7.62. The summed E-state index contributed by atoms with van der Waals surface area (Å²) >= 11 is 0. The Kier molecular flexibility index (Phi) is 6.36. The zero-order valence-electron chi connectivity index (χ0n) is 18.7. The van der Waals surface area contributed by atoms with Crippen LogP contribution in [0.3, 0.4) is 0 Å². The molecule has 170 valence electrons. The predicted molar refractivity (Wildman–Crippen MR) is 129 cm³/mol. The largest absolute Gasteiger partial charge is 0.462 e. The van der Waals surface area contributed by atoms with E-state index >= 15 is 0 Å². The molecular formula is C27H22N2O5. The fourth-order valence-corrected chi connectivity index (χ4v) is 3.72. The first-order valence-electron chi connectivity index (χ1n) is 10.7. The molecule has 0 spiro atoms. The first-order valence-corrected chi connectivity index (χ1v) is 10.7. The van der Waals surface area contributed by atoms with Gasteiger partial charge in [0.25, 0.3) is 11.8 Å². The van der Waals surface area contributed by atoms with Crippen molar-refractivity contribution in [1.29, 1.82) is 0 Å². The van der Waals surface area contributed by atoms with Crippen molar-refractivity contribution in [3.63, 3.8) is 0 Å². The van der Waals surface area contributed by atoms with Gasteiger partial charge in [-0.25, -0.2) is 9.69 Å². The van der Waals surface area contributed by atoms with Gasteiger partial charge < -0.3 is 10.1 Å². The minimum atomic E-state index is -0.474. The van der Waals surface area contributed by atoms with Crippen LogP contribution in [0.5, 0.6) is 0 Å². The smallest absolute Gasteiger partial charge is 0.338 e. The predicted octanol–water partition coefficient (Wildman–Crippen LogP) is 4.55. The third-order valence-corrected chi connectivity index (χ3v) is 5.26. The molecule has 34 heavy (non-hydrogen) atoms. The van der Waals surface area contributed by atoms with Crippen molar-refractivity contribution < 1.29 is 23.9 Å². The van der Waals surface area contributed by atoms with Crippen molar-refractivity contribution in [2.75, 3.05) is 16.8 Å². The summed E-state index contributed by atoms with van der Waals surface area (Å²) in [4.78, 5) is 51.1. The van der Waals surface area contributed by atoms with Crippen LogP contribution in [0.1, 0.15) is 45.7 Å². The molecule has 1 heterocycles. The molecule has 1 aliphatic rings. The van der Waals surface area contributed by atoms with Crippen molar-refractivity contribution in [3.05, 3.63) is 95.1 Å². The van der Waals surface area contributed by atoms with Gasteiger partial charge in [-0.05, 0) is 66.6 Å². The average Bonchev–Trinajstić information content (AvgIpc) is 2.83. The van der Waals surface area contributed by atoms with E-state index in [1.807, 2.05) is 0 Å². The lowest BCUT2D eigenvalue weighted by Crippen LogP contribution is -2.41. The van der Waals surface area contributed by atoms with E-state index in [4.69, 9.17) is 4.74 Å². The summed E-state index contributed by atoms with van der Waals surface area (Å²) in [5.74, 6) is -1.56. The van der Waals surface area contributed by atoms with Gasteiger partial charge in [-0.2, -0.15) is 0 Å². The van der Waals surface area contributed by atoms with E-state index in [0.29, 0.717) is 33.6 Å². The second-order valence-corrected chi connectivity index (χ2v) is 7.62. The summed E-state index contributed by atoms with van der Waals surface area (Å²) in [7, 11) is 0. The van der Waals surface area contributed by atoms with Crippen LogP contribution in [0.2, 0.25) is 0 Å². The van der Waals surface area contributed by atoms with Gasteiger partial charge >= 0.3 is 5.97 Å². The number of hydrogen-bond donors (Lipinski definition) is 1. The highest BCUT2D eigenvalue weighted by Crippen LogP contribution is 2.33. The molecule has 1 aliphatic heterocycles. The molecule has 0 unspecified atom stereocenters. The molecule has 0 saturated carbocycles. The minimum Gasteiger partial charge on any atom is -0.462 e. The molecule has 0 fully saturated rings. The molecule has 0 saturated heterocycles. The maximum atomic E-state index is 13.5. The molecule has 3 aromatic carbocycles. The number of fused-ring (bicyclic) bond motifs is 1. The summed E-state index contributed by atoms with van der Waals surface area (Å²) in [6.45, 7) is 3.40. The molecule has 0 radical (unpaired) electrons. The van der Waals surface area contributed by atoms with Crippen LogP contribution in [0.25, 0.3) is 11.6 Å². The Labute approximate surface area is 196 Å². The first kappa shape index (κ1) is 22.7. The van der Waals surface area contributed by atoms with E-state index in [9.17, 15) is 19.2 Å². The van der Waals surface area contributed by atoms with Gasteiger partial charge in [0.1, 0.15) is 0 Å². The summed E-state index contributed by atoms with van der Waals surface area (Å²) < 4.78 is 5.00. The number of rotatable bonds is 5. The first-order chi connectivity index (χ1) is 16.4. The molecule has 7 nitrogen and oxygen atoms in total. The van der Waals surface area contributed by atoms with E-state index in [1.54, 1.807) is 73.7 Å². The lowest BCUT2D eigenvalue weighted by Gasteiger charge is -2.28. The van der Waals surface area contributed by atoms with Crippen molar-refractivity contribution in [2.24, 2.45) is 0 Å². The molecule has 7 heteroatoms. The number of amides is 3. The summed E-state index contributed by atoms with van der Waals surface area (Å²) in [6, 6.07) is 20.1. The van der Waals surface area contributed by atoms with Gasteiger partial charge in [-0.15, -0.1) is 0 Å². The quantitative estimate of drug-likeness (QED) is 0.347. The number of benzene rings is 3. The van der Waals surface area contributed by atoms with Crippen LogP contribution in [-0.4, -0.2) is 30.3 Å². The standard InChI is InChI=1S/C27H22N2O5/c1-3-34-27(33)19-10-14-21(15-11-19)29-25(31)23-7-5-4-6-22(23)24(26(29)32)16-18-8-12-20(13-9-18)28-17(2)30/h4-16H,3H2,1-2H3,(H,28,30)/b24-16-. The number of nitrogens with one attached hydrogen (secondary N) is 1. The molecule has 0 aromatic heterocycles. The zero-order chi connectivity index (χ0) is 24.2. The highest BCUT2D eigenvalue weighted by Gasteiger charge is 2.35. The number of imide groups is 1. The number of ether oxygens (including phenoxy) is 1. The average molecular weight is 454 g/mol. The van der Waals surface area contributed by atoms with Crippen LogP contribution >= 0.6 is 0 Å². The molecular weight excluding hydrogens is 432 g/mol. The van der Waals surface area contributed by atoms with Gasteiger partial charge in [0.2, 0.25) is 5.91 Å². The summed E-state index contributed by atoms with van der Waals surface area (Å²) in [5, 5.41) is 2.70. The second kappa shape index (κ2) is 9.54. The van der Waals surface area contributed by atoms with E-state index in [1.165, 1.54) is 19.1 Å². The SMILES string of the molecule is CCOC(=O)c1ccc(N2C(=O)/C(=C\c3ccc(NC(C)=O)cc3)c3ccccc3C2=O)cc1. The van der Waals surface area contributed by atoms with Crippen LogP contribution in [0.4, 0.5) is 11.4 Å². The van der Waals surface area contributed by atoms with Crippen molar-refractivity contribution in [2.45, 2.75) is 13.8 Å². The molecule has 0 atom stereocenters. The van der Waals surface area contributed by atoms with Crippen molar-refractivity contribution >= 4 is 46.7 Å². The monoisotopic (exact) mass is 454 g/mol. The molecule has 3 amide bonds. The maximum Gasteiger partial charge on any atom is 0.338 e. The van der Waals surface area contributed by atoms with Gasteiger partial charge in [-0.1, -0.05) is 30.3 Å². The fraction of sp³-hybridized carbons (Fsp3) is 0.111. The van der Waals surface area contributed by atoms with Crippen molar-refractivity contribution in [1.82, 2.24) is 0 Å². The lowest BCUT2D eigenvalue weighted by molar-refractivity contribution is -0.114. The van der Waals surface area contributed by atoms with E-state index in [0.717, 1.165) is 10.5 Å². The minimum absolute atomic E-state index is 0.175. The molecule has 3 aromatic rings. The Morgan fingerprint density at radius 1 is 0.882 bits per heavy atom. The number of esters is 1. The summed E-state index contributed by atoms with van der Waals surface area (Å²) in [6.07, 6.45) is 1.71. The number of carbonyl (C=O) groups is 4. The molecule has 0 aliphatic carbocycles. The number of nitrogens with zero attached hydrogens (tertiary/aromatic N) is 1. The Morgan fingerprint density at radius 3 is 2.15 bits per heavy atom. The van der Waals surface area contributed by atoms with Crippen LogP contribution in [0.15, 0.2) is 72.8 Å². The van der Waals surface area contributed by atoms with E-state index < -0.39 is 17.8 Å². The number of anilines is 2. The van der Waals surface area contributed by atoms with E-state index in [2.05, 4.69) is 5.32 Å². The maximum absolute atomic E-state index is 13.5. The fourth-order valence-electron chi connectivity index (χ4n) is 3.72. The molecule has 4 rings (SSSR count). The highest BCUT2D eigenvalue weighted by atomic mass is 16.5. The van der Waals surface area contributed by atoms with Crippen LogP contribution < -0.4 is 10.2 Å². The van der Waals surface area contributed by atoms with E-state index in [-0.39, 0.29) is 12.5 Å². The summed E-state index contributed by atoms with van der Waals surface area (Å²) in [5.41, 5.74) is 3.36. The topological polar surface area (TPSA) is 92.8 Å². The Morgan fingerprint density at radius 2 is 1.53 bits per heavy atom. The highest BCUT2D eigenvalue weighted by molar-refractivity contribution is 6.43. The Bertz CT molecular complexity index is 1310. The number of carbonyl (C=O) groups excluding carboxylic acids is 4. The molecule has 1 N–H and O–H groups in total. The lowest BCUT2D eigenvalue weighted by atomic mass is 9.91. The normalized spacial score (nSPS) is 14.1. The third-order valence-electron chi connectivity index (χ3n) is 5.26. The van der Waals surface area contributed by atoms with Gasteiger partial charge in [0, 0.05) is 23.7 Å². The van der Waals surface area contributed by atoms with Gasteiger partial charge in [0.05, 0.1) is 17.9 Å². The Balaban J connectivity index is 1.73. The zero-order valence-corrected chi connectivity index (χ0v) is 18.7. The number of hydrogen-bond acceptors (Lipinski definition) is 5. The van der Waals surface area contributed by atoms with Crippen LogP contribution in [-0.2, 0) is 14.3 Å². The van der Waals surface area contributed by atoms with Gasteiger partial charge in [-0.3, -0.25) is 14.4 Å². The third kappa shape index (κ3) is 4.49. The van der Waals surface area contributed by atoms with Gasteiger partial charge in [0.15, 0.2) is 0 Å². The van der Waals surface area contributed by atoms with Crippen LogP contribution in [0, 0.1) is 0 Å².